The molecular formula is C17H17NO4. The van der Waals surface area contributed by atoms with Gasteiger partial charge in [0.15, 0.2) is 0 Å². The van der Waals surface area contributed by atoms with Crippen LogP contribution in [0.3, 0.4) is 0 Å². The molecule has 2 aromatic rings. The molecule has 5 nitrogen and oxygen atoms in total. The van der Waals surface area contributed by atoms with E-state index in [1.54, 1.807) is 31.4 Å². The number of benzene rings is 2. The van der Waals surface area contributed by atoms with Crippen LogP contribution in [0.25, 0.3) is 0 Å². The lowest BCUT2D eigenvalue weighted by atomic mass is 10.1. The first-order chi connectivity index (χ1) is 10.6. The van der Waals surface area contributed by atoms with Crippen LogP contribution >= 0.6 is 0 Å². The number of amides is 1. The third-order valence-electron chi connectivity index (χ3n) is 2.90. The summed E-state index contributed by atoms with van der Waals surface area (Å²) in [5.74, 6) is 0.597. The standard InChI is InChI=1S/C17H17NO4/c1-12(19)22-16-5-3-4-14(11-16)18-17(20)10-13-6-8-15(21-2)9-7-13/h3-9,11H,10H2,1-2H3,(H,18,20). The van der Waals surface area contributed by atoms with Gasteiger partial charge >= 0.3 is 5.97 Å². The molecule has 22 heavy (non-hydrogen) atoms. The zero-order chi connectivity index (χ0) is 15.9. The average molecular weight is 299 g/mol. The van der Waals surface area contributed by atoms with Crippen LogP contribution in [0.4, 0.5) is 5.69 Å². The first kappa shape index (κ1) is 15.6. The molecule has 0 saturated heterocycles. The molecule has 0 heterocycles. The molecule has 2 rings (SSSR count). The fourth-order valence-electron chi connectivity index (χ4n) is 1.94. The van der Waals surface area contributed by atoms with Gasteiger partial charge in [0.05, 0.1) is 13.5 Å². The van der Waals surface area contributed by atoms with Crippen LogP contribution < -0.4 is 14.8 Å². The maximum absolute atomic E-state index is 12.0. The topological polar surface area (TPSA) is 64.6 Å². The molecule has 0 unspecified atom stereocenters. The summed E-state index contributed by atoms with van der Waals surface area (Å²) in [5.41, 5.74) is 1.46. The normalized spacial score (nSPS) is 9.91. The lowest BCUT2D eigenvalue weighted by Crippen LogP contribution is -2.14. The van der Waals surface area contributed by atoms with Crippen molar-refractivity contribution in [1.82, 2.24) is 0 Å². The third kappa shape index (κ3) is 4.63. The first-order valence-electron chi connectivity index (χ1n) is 6.78. The molecule has 0 aliphatic heterocycles. The van der Waals surface area contributed by atoms with E-state index in [1.165, 1.54) is 6.92 Å². The highest BCUT2D eigenvalue weighted by atomic mass is 16.5. The molecule has 1 N–H and O–H groups in total. The second kappa shape index (κ2) is 7.26. The van der Waals surface area contributed by atoms with E-state index in [9.17, 15) is 9.59 Å². The minimum atomic E-state index is -0.401. The zero-order valence-corrected chi connectivity index (χ0v) is 12.5. The summed E-state index contributed by atoms with van der Waals surface area (Å²) in [6.45, 7) is 1.33. The molecule has 0 aliphatic carbocycles. The summed E-state index contributed by atoms with van der Waals surface area (Å²) in [6, 6.07) is 14.0. The van der Waals surface area contributed by atoms with E-state index in [2.05, 4.69) is 5.32 Å². The number of nitrogens with one attached hydrogen (secondary N) is 1. The Balaban J connectivity index is 1.97. The summed E-state index contributed by atoms with van der Waals surface area (Å²) >= 11 is 0. The fraction of sp³-hybridized carbons (Fsp3) is 0.176. The van der Waals surface area contributed by atoms with E-state index in [4.69, 9.17) is 9.47 Å². The Morgan fingerprint density at radius 1 is 1.05 bits per heavy atom. The van der Waals surface area contributed by atoms with Gasteiger partial charge in [-0.2, -0.15) is 0 Å². The van der Waals surface area contributed by atoms with E-state index >= 15 is 0 Å². The number of carbonyl (C=O) groups excluding carboxylic acids is 2. The molecule has 1 amide bonds. The van der Waals surface area contributed by atoms with Crippen LogP contribution in [0.15, 0.2) is 48.5 Å². The van der Waals surface area contributed by atoms with Crippen molar-refractivity contribution in [2.75, 3.05) is 12.4 Å². The molecule has 5 heteroatoms. The lowest BCUT2D eigenvalue weighted by Gasteiger charge is -2.08. The molecule has 0 atom stereocenters. The smallest absolute Gasteiger partial charge is 0.308 e. The lowest BCUT2D eigenvalue weighted by molar-refractivity contribution is -0.131. The Kier molecular flexibility index (Phi) is 5.14. The maximum atomic E-state index is 12.0. The van der Waals surface area contributed by atoms with Gasteiger partial charge < -0.3 is 14.8 Å². The predicted molar refractivity (Wildman–Crippen MR) is 83.1 cm³/mol. The Labute approximate surface area is 128 Å². The molecule has 0 aromatic heterocycles. The van der Waals surface area contributed by atoms with E-state index in [1.807, 2.05) is 24.3 Å². The number of hydrogen-bond donors (Lipinski definition) is 1. The van der Waals surface area contributed by atoms with Gasteiger partial charge in [-0.1, -0.05) is 18.2 Å². The molecule has 0 bridgehead atoms. The van der Waals surface area contributed by atoms with E-state index in [0.717, 1.165) is 11.3 Å². The minimum absolute atomic E-state index is 0.148. The van der Waals surface area contributed by atoms with Gasteiger partial charge in [-0.25, -0.2) is 0 Å². The number of anilines is 1. The van der Waals surface area contributed by atoms with Crippen LogP contribution in [-0.2, 0) is 16.0 Å². The van der Waals surface area contributed by atoms with Crippen molar-refractivity contribution >= 4 is 17.6 Å². The number of esters is 1. The van der Waals surface area contributed by atoms with Gasteiger partial charge in [0, 0.05) is 18.7 Å². The number of ether oxygens (including phenoxy) is 2. The Hall–Kier alpha value is -2.82. The minimum Gasteiger partial charge on any atom is -0.497 e. The molecular weight excluding hydrogens is 282 g/mol. The van der Waals surface area contributed by atoms with Crippen molar-refractivity contribution in [3.05, 3.63) is 54.1 Å². The molecule has 114 valence electrons. The van der Waals surface area contributed by atoms with Gasteiger partial charge in [-0.15, -0.1) is 0 Å². The monoisotopic (exact) mass is 299 g/mol. The van der Waals surface area contributed by atoms with Crippen LogP contribution in [0.2, 0.25) is 0 Å². The molecule has 0 saturated carbocycles. The van der Waals surface area contributed by atoms with Crippen molar-refractivity contribution < 1.29 is 19.1 Å². The average Bonchev–Trinajstić information content (AvgIpc) is 2.47. The van der Waals surface area contributed by atoms with Crippen LogP contribution in [-0.4, -0.2) is 19.0 Å². The van der Waals surface area contributed by atoms with Gasteiger partial charge in [0.2, 0.25) is 5.91 Å². The second-order valence-electron chi connectivity index (χ2n) is 4.69. The Bertz CT molecular complexity index is 665. The zero-order valence-electron chi connectivity index (χ0n) is 12.5. The van der Waals surface area contributed by atoms with E-state index in [0.29, 0.717) is 11.4 Å². The van der Waals surface area contributed by atoms with Gasteiger partial charge in [-0.05, 0) is 29.8 Å². The second-order valence-corrected chi connectivity index (χ2v) is 4.69. The van der Waals surface area contributed by atoms with Crippen molar-refractivity contribution in [3.63, 3.8) is 0 Å². The largest absolute Gasteiger partial charge is 0.497 e. The number of rotatable bonds is 5. The summed E-state index contributed by atoms with van der Waals surface area (Å²) in [5, 5.41) is 2.77. The van der Waals surface area contributed by atoms with E-state index < -0.39 is 5.97 Å². The molecule has 0 fully saturated rings. The molecule has 0 spiro atoms. The van der Waals surface area contributed by atoms with Gasteiger partial charge in [0.1, 0.15) is 11.5 Å². The van der Waals surface area contributed by atoms with Gasteiger partial charge in [0.25, 0.3) is 0 Å². The fourth-order valence-corrected chi connectivity index (χ4v) is 1.94. The predicted octanol–water partition coefficient (Wildman–Crippen LogP) is 2.80. The molecule has 0 radical (unpaired) electrons. The summed E-state index contributed by atoms with van der Waals surface area (Å²) in [7, 11) is 1.60. The number of carbonyl (C=O) groups is 2. The summed E-state index contributed by atoms with van der Waals surface area (Å²) in [6.07, 6.45) is 0.252. The van der Waals surface area contributed by atoms with Crippen molar-refractivity contribution in [1.29, 1.82) is 0 Å². The summed E-state index contributed by atoms with van der Waals surface area (Å²) < 4.78 is 10.0. The first-order valence-corrected chi connectivity index (χ1v) is 6.78. The van der Waals surface area contributed by atoms with Gasteiger partial charge in [-0.3, -0.25) is 9.59 Å². The Morgan fingerprint density at radius 2 is 1.77 bits per heavy atom. The highest BCUT2D eigenvalue weighted by molar-refractivity contribution is 5.92. The SMILES string of the molecule is COc1ccc(CC(=O)Nc2cccc(OC(C)=O)c2)cc1. The van der Waals surface area contributed by atoms with Crippen molar-refractivity contribution in [2.45, 2.75) is 13.3 Å². The molecule has 2 aromatic carbocycles. The quantitative estimate of drug-likeness (QED) is 0.681. The molecule has 0 aliphatic rings. The Morgan fingerprint density at radius 3 is 2.41 bits per heavy atom. The highest BCUT2D eigenvalue weighted by Crippen LogP contribution is 2.18. The van der Waals surface area contributed by atoms with Crippen molar-refractivity contribution in [3.8, 4) is 11.5 Å². The van der Waals surface area contributed by atoms with Crippen LogP contribution in [0.1, 0.15) is 12.5 Å². The van der Waals surface area contributed by atoms with Crippen LogP contribution in [0, 0.1) is 0 Å². The van der Waals surface area contributed by atoms with Crippen molar-refractivity contribution in [2.24, 2.45) is 0 Å². The summed E-state index contributed by atoms with van der Waals surface area (Å²) in [4.78, 5) is 22.9. The number of methoxy groups -OCH3 is 1. The van der Waals surface area contributed by atoms with Crippen LogP contribution in [0.5, 0.6) is 11.5 Å². The maximum Gasteiger partial charge on any atom is 0.308 e. The highest BCUT2D eigenvalue weighted by Gasteiger charge is 2.06. The number of hydrogen-bond acceptors (Lipinski definition) is 4. The van der Waals surface area contributed by atoms with E-state index in [-0.39, 0.29) is 12.3 Å². The third-order valence-corrected chi connectivity index (χ3v) is 2.90.